The van der Waals surface area contributed by atoms with Gasteiger partial charge in [0.2, 0.25) is 5.91 Å². The highest BCUT2D eigenvalue weighted by molar-refractivity contribution is 6.03. The summed E-state index contributed by atoms with van der Waals surface area (Å²) in [6.07, 6.45) is 0.534. The Kier molecular flexibility index (Phi) is 4.83. The summed E-state index contributed by atoms with van der Waals surface area (Å²) < 4.78 is 13.0. The zero-order chi connectivity index (χ0) is 18.0. The number of nitrogens with zero attached hydrogens (tertiary/aromatic N) is 1. The number of hydrogen-bond donors (Lipinski definition) is 1. The lowest BCUT2D eigenvalue weighted by Gasteiger charge is -2.17. The van der Waals surface area contributed by atoms with Gasteiger partial charge in [-0.15, -0.1) is 0 Å². The van der Waals surface area contributed by atoms with Crippen molar-refractivity contribution in [2.24, 2.45) is 0 Å². The number of nitrogens with one attached hydrogen (secondary N) is 1. The summed E-state index contributed by atoms with van der Waals surface area (Å²) >= 11 is 0. The molecule has 1 atom stereocenters. The van der Waals surface area contributed by atoms with Crippen LogP contribution in [0.15, 0.2) is 48.5 Å². The van der Waals surface area contributed by atoms with Gasteiger partial charge in [0.25, 0.3) is 5.91 Å². The predicted octanol–water partition coefficient (Wildman–Crippen LogP) is 3.48. The Hall–Kier alpha value is -2.69. The van der Waals surface area contributed by atoms with E-state index in [1.807, 2.05) is 12.1 Å². The summed E-state index contributed by atoms with van der Waals surface area (Å²) in [5, 5.41) is 2.80. The van der Waals surface area contributed by atoms with Crippen molar-refractivity contribution in [1.29, 1.82) is 0 Å². The van der Waals surface area contributed by atoms with Gasteiger partial charge in [0, 0.05) is 17.8 Å². The molecule has 2 aromatic rings. The van der Waals surface area contributed by atoms with E-state index in [-0.39, 0.29) is 17.6 Å². The molecule has 0 aliphatic carbocycles. The number of carbonyl (C=O) groups is 2. The van der Waals surface area contributed by atoms with Gasteiger partial charge in [-0.05, 0) is 54.3 Å². The minimum atomic E-state index is -0.553. The van der Waals surface area contributed by atoms with Crippen LogP contribution in [0.2, 0.25) is 0 Å². The Labute approximate surface area is 146 Å². The average molecular weight is 340 g/mol. The van der Waals surface area contributed by atoms with Crippen molar-refractivity contribution in [3.05, 3.63) is 65.5 Å². The van der Waals surface area contributed by atoms with Gasteiger partial charge in [0.15, 0.2) is 0 Å². The molecule has 25 heavy (non-hydrogen) atoms. The summed E-state index contributed by atoms with van der Waals surface area (Å²) in [7, 11) is 0. The Morgan fingerprint density at radius 1 is 1.12 bits per heavy atom. The summed E-state index contributed by atoms with van der Waals surface area (Å²) in [4.78, 5) is 26.5. The van der Waals surface area contributed by atoms with Crippen molar-refractivity contribution >= 4 is 17.5 Å². The average Bonchev–Trinajstić information content (AvgIpc) is 2.96. The summed E-state index contributed by atoms with van der Waals surface area (Å²) in [5.74, 6) is -0.365. The maximum atomic E-state index is 13.0. The van der Waals surface area contributed by atoms with Crippen LogP contribution < -0.4 is 10.2 Å². The highest BCUT2D eigenvalue weighted by atomic mass is 19.1. The van der Waals surface area contributed by atoms with E-state index < -0.39 is 6.04 Å². The van der Waals surface area contributed by atoms with Crippen LogP contribution in [0.3, 0.4) is 0 Å². The zero-order valence-corrected chi connectivity index (χ0v) is 14.3. The van der Waals surface area contributed by atoms with Crippen LogP contribution >= 0.6 is 0 Å². The zero-order valence-electron chi connectivity index (χ0n) is 14.3. The van der Waals surface area contributed by atoms with Crippen LogP contribution in [0.25, 0.3) is 0 Å². The molecule has 1 heterocycles. The van der Waals surface area contributed by atoms with Gasteiger partial charge in [-0.25, -0.2) is 4.39 Å². The highest BCUT2D eigenvalue weighted by Crippen LogP contribution is 2.22. The molecule has 0 saturated carbocycles. The van der Waals surface area contributed by atoms with Crippen LogP contribution in [0.4, 0.5) is 10.1 Å². The molecule has 1 N–H and O–H groups in total. The van der Waals surface area contributed by atoms with Crippen molar-refractivity contribution in [1.82, 2.24) is 5.32 Å². The molecule has 5 heteroatoms. The fourth-order valence-electron chi connectivity index (χ4n) is 2.95. The van der Waals surface area contributed by atoms with E-state index in [4.69, 9.17) is 0 Å². The second kappa shape index (κ2) is 7.05. The van der Waals surface area contributed by atoms with Gasteiger partial charge >= 0.3 is 0 Å². The molecule has 1 fully saturated rings. The first-order chi connectivity index (χ1) is 12.0. The molecule has 1 saturated heterocycles. The first-order valence-electron chi connectivity index (χ1n) is 8.43. The first kappa shape index (κ1) is 17.1. The quantitative estimate of drug-likeness (QED) is 0.926. The fourth-order valence-corrected chi connectivity index (χ4v) is 2.95. The standard InChI is InChI=1S/C20H21FN2O2/c1-13(2)14-3-5-15(6-4-14)19(24)22-18-11-12-23(20(18)25)17-9-7-16(21)8-10-17/h3-10,13,18H,11-12H2,1-2H3,(H,22,24)/t18-/m0/s1. The third kappa shape index (κ3) is 3.71. The highest BCUT2D eigenvalue weighted by Gasteiger charge is 2.33. The largest absolute Gasteiger partial charge is 0.340 e. The molecular weight excluding hydrogens is 319 g/mol. The number of rotatable bonds is 4. The van der Waals surface area contributed by atoms with E-state index >= 15 is 0 Å². The third-order valence-electron chi connectivity index (χ3n) is 4.49. The normalized spacial score (nSPS) is 17.2. The molecule has 0 unspecified atom stereocenters. The monoisotopic (exact) mass is 340 g/mol. The Morgan fingerprint density at radius 3 is 2.36 bits per heavy atom. The third-order valence-corrected chi connectivity index (χ3v) is 4.49. The Morgan fingerprint density at radius 2 is 1.76 bits per heavy atom. The molecule has 1 aliphatic rings. The first-order valence-corrected chi connectivity index (χ1v) is 8.43. The van der Waals surface area contributed by atoms with E-state index in [1.54, 1.807) is 29.2 Å². The smallest absolute Gasteiger partial charge is 0.251 e. The van der Waals surface area contributed by atoms with Crippen molar-refractivity contribution in [3.8, 4) is 0 Å². The minimum absolute atomic E-state index is 0.168. The maximum Gasteiger partial charge on any atom is 0.251 e. The van der Waals surface area contributed by atoms with Crippen LogP contribution in [0, 0.1) is 5.82 Å². The van der Waals surface area contributed by atoms with E-state index in [9.17, 15) is 14.0 Å². The van der Waals surface area contributed by atoms with Gasteiger partial charge in [-0.1, -0.05) is 26.0 Å². The van der Waals surface area contributed by atoms with E-state index in [0.29, 0.717) is 30.1 Å². The molecule has 130 valence electrons. The molecule has 1 aliphatic heterocycles. The lowest BCUT2D eigenvalue weighted by Crippen LogP contribution is -2.41. The van der Waals surface area contributed by atoms with Crippen molar-refractivity contribution in [2.75, 3.05) is 11.4 Å². The molecule has 0 bridgehead atoms. The van der Waals surface area contributed by atoms with Crippen LogP contribution in [-0.4, -0.2) is 24.4 Å². The molecule has 0 radical (unpaired) electrons. The summed E-state index contributed by atoms with van der Waals surface area (Å²) in [5.41, 5.74) is 2.35. The van der Waals surface area contributed by atoms with Gasteiger partial charge in [-0.3, -0.25) is 9.59 Å². The molecule has 4 nitrogen and oxygen atoms in total. The number of hydrogen-bond acceptors (Lipinski definition) is 2. The number of anilines is 1. The minimum Gasteiger partial charge on any atom is -0.340 e. The number of carbonyl (C=O) groups excluding carboxylic acids is 2. The van der Waals surface area contributed by atoms with Crippen molar-refractivity contribution in [2.45, 2.75) is 32.2 Å². The molecule has 0 aromatic heterocycles. The topological polar surface area (TPSA) is 49.4 Å². The summed E-state index contributed by atoms with van der Waals surface area (Å²) in [6, 6.07) is 12.7. The maximum absolute atomic E-state index is 13.0. The second-order valence-electron chi connectivity index (χ2n) is 6.56. The van der Waals surface area contributed by atoms with Crippen molar-refractivity contribution < 1.29 is 14.0 Å². The van der Waals surface area contributed by atoms with Gasteiger partial charge in [-0.2, -0.15) is 0 Å². The van der Waals surface area contributed by atoms with E-state index in [0.717, 1.165) is 5.56 Å². The predicted molar refractivity (Wildman–Crippen MR) is 95.2 cm³/mol. The molecule has 3 rings (SSSR count). The molecule has 2 amide bonds. The number of amides is 2. The number of benzene rings is 2. The molecular formula is C20H21FN2O2. The second-order valence-corrected chi connectivity index (χ2v) is 6.56. The number of halogens is 1. The molecule has 0 spiro atoms. The van der Waals surface area contributed by atoms with Crippen LogP contribution in [-0.2, 0) is 4.79 Å². The van der Waals surface area contributed by atoms with Gasteiger partial charge < -0.3 is 10.2 Å². The Bertz CT molecular complexity index is 769. The van der Waals surface area contributed by atoms with E-state index in [2.05, 4.69) is 19.2 Å². The lowest BCUT2D eigenvalue weighted by atomic mass is 10.0. The van der Waals surface area contributed by atoms with Gasteiger partial charge in [0.05, 0.1) is 0 Å². The van der Waals surface area contributed by atoms with Crippen LogP contribution in [0.5, 0.6) is 0 Å². The van der Waals surface area contributed by atoms with Crippen LogP contribution in [0.1, 0.15) is 42.1 Å². The fraction of sp³-hybridized carbons (Fsp3) is 0.300. The lowest BCUT2D eigenvalue weighted by molar-refractivity contribution is -0.118. The Balaban J connectivity index is 1.66. The van der Waals surface area contributed by atoms with Gasteiger partial charge in [0.1, 0.15) is 11.9 Å². The van der Waals surface area contributed by atoms with Crippen molar-refractivity contribution in [3.63, 3.8) is 0 Å². The molecule has 2 aromatic carbocycles. The SMILES string of the molecule is CC(C)c1ccc(C(=O)N[C@H]2CCN(c3ccc(F)cc3)C2=O)cc1. The summed E-state index contributed by atoms with van der Waals surface area (Å²) in [6.45, 7) is 4.69. The van der Waals surface area contributed by atoms with E-state index in [1.165, 1.54) is 12.1 Å².